The molecule has 3 rings (SSSR count). The largest absolute Gasteiger partial charge is 0.497 e. The van der Waals surface area contributed by atoms with Crippen molar-refractivity contribution < 1.29 is 28.7 Å². The van der Waals surface area contributed by atoms with Gasteiger partial charge in [-0.15, -0.1) is 0 Å². The Morgan fingerprint density at radius 1 is 1.10 bits per heavy atom. The number of hydrogen-bond acceptors (Lipinski definition) is 6. The number of benzene rings is 2. The molecule has 30 heavy (non-hydrogen) atoms. The van der Waals surface area contributed by atoms with Crippen molar-refractivity contribution in [1.29, 1.82) is 0 Å². The first-order valence-corrected chi connectivity index (χ1v) is 10.0. The van der Waals surface area contributed by atoms with Crippen molar-refractivity contribution in [3.63, 3.8) is 0 Å². The average molecular weight is 538 g/mol. The zero-order chi connectivity index (χ0) is 22.0. The lowest BCUT2D eigenvalue weighted by Gasteiger charge is -2.26. The number of nitrogens with zero attached hydrogens (tertiary/aromatic N) is 1. The van der Waals surface area contributed by atoms with Crippen LogP contribution in [0.25, 0.3) is 6.08 Å². The number of halogens is 2. The number of barbiturate groups is 1. The summed E-state index contributed by atoms with van der Waals surface area (Å²) in [5.74, 6) is -1.59. The maximum absolute atomic E-state index is 13.0. The van der Waals surface area contributed by atoms with Crippen LogP contribution in [0.2, 0.25) is 0 Å². The van der Waals surface area contributed by atoms with Crippen molar-refractivity contribution >= 4 is 67.4 Å². The van der Waals surface area contributed by atoms with Crippen LogP contribution in [0.3, 0.4) is 0 Å². The summed E-state index contributed by atoms with van der Waals surface area (Å²) in [4.78, 5) is 50.1. The molecule has 0 atom stereocenters. The molecule has 2 aromatic carbocycles. The van der Waals surface area contributed by atoms with Gasteiger partial charge in [0.05, 0.1) is 17.3 Å². The van der Waals surface area contributed by atoms with Gasteiger partial charge in [-0.3, -0.25) is 19.7 Å². The molecule has 0 radical (unpaired) electrons. The lowest BCUT2D eigenvalue weighted by atomic mass is 10.1. The van der Waals surface area contributed by atoms with Crippen molar-refractivity contribution in [2.24, 2.45) is 0 Å². The van der Waals surface area contributed by atoms with E-state index >= 15 is 0 Å². The SMILES string of the molecule is COc1ccc(N2C(=O)NC(=O)/C(=C/c3cc(Br)cc(Br)c3OC(C)=O)C2=O)cc1. The van der Waals surface area contributed by atoms with Gasteiger partial charge in [0, 0.05) is 17.0 Å². The number of ether oxygens (including phenoxy) is 2. The second-order valence-corrected chi connectivity index (χ2v) is 7.83. The van der Waals surface area contributed by atoms with Gasteiger partial charge < -0.3 is 9.47 Å². The second-order valence-electron chi connectivity index (χ2n) is 6.06. The zero-order valence-corrected chi connectivity index (χ0v) is 18.9. The summed E-state index contributed by atoms with van der Waals surface area (Å²) in [5.41, 5.74) is 0.241. The molecule has 0 spiro atoms. The van der Waals surface area contributed by atoms with Crippen molar-refractivity contribution in [2.75, 3.05) is 12.0 Å². The average Bonchev–Trinajstić information content (AvgIpc) is 2.67. The van der Waals surface area contributed by atoms with Crippen LogP contribution in [0.4, 0.5) is 10.5 Å². The monoisotopic (exact) mass is 536 g/mol. The Bertz CT molecular complexity index is 1100. The van der Waals surface area contributed by atoms with E-state index in [2.05, 4.69) is 37.2 Å². The van der Waals surface area contributed by atoms with Gasteiger partial charge in [-0.2, -0.15) is 0 Å². The molecule has 1 aliphatic rings. The Labute approximate surface area is 188 Å². The van der Waals surface area contributed by atoms with Crippen LogP contribution in [-0.4, -0.2) is 30.9 Å². The molecule has 0 unspecified atom stereocenters. The van der Waals surface area contributed by atoms with Crippen molar-refractivity contribution in [3.8, 4) is 11.5 Å². The minimum Gasteiger partial charge on any atom is -0.497 e. The number of anilines is 1. The summed E-state index contributed by atoms with van der Waals surface area (Å²) >= 11 is 6.61. The van der Waals surface area contributed by atoms with E-state index in [9.17, 15) is 19.2 Å². The predicted octanol–water partition coefficient (Wildman–Crippen LogP) is 3.81. The summed E-state index contributed by atoms with van der Waals surface area (Å²) in [6.45, 7) is 1.23. The van der Waals surface area contributed by atoms with Gasteiger partial charge in [0.1, 0.15) is 11.3 Å². The summed E-state index contributed by atoms with van der Waals surface area (Å²) in [5, 5.41) is 2.14. The van der Waals surface area contributed by atoms with Crippen molar-refractivity contribution in [3.05, 3.63) is 56.5 Å². The molecule has 8 nitrogen and oxygen atoms in total. The number of esters is 1. The minimum absolute atomic E-state index is 0.131. The third-order valence-corrected chi connectivity index (χ3v) is 5.06. The first-order chi connectivity index (χ1) is 14.2. The quantitative estimate of drug-likeness (QED) is 0.275. The molecular weight excluding hydrogens is 524 g/mol. The lowest BCUT2D eigenvalue weighted by molar-refractivity contribution is -0.132. The van der Waals surface area contributed by atoms with Gasteiger partial charge in [-0.25, -0.2) is 9.69 Å². The Morgan fingerprint density at radius 2 is 1.77 bits per heavy atom. The van der Waals surface area contributed by atoms with Crippen LogP contribution in [0, 0.1) is 0 Å². The van der Waals surface area contributed by atoms with E-state index < -0.39 is 23.8 Å². The number of amides is 4. The molecule has 0 bridgehead atoms. The Balaban J connectivity index is 2.07. The second kappa shape index (κ2) is 8.80. The van der Waals surface area contributed by atoms with Crippen LogP contribution in [0.5, 0.6) is 11.5 Å². The highest BCUT2D eigenvalue weighted by Crippen LogP contribution is 2.35. The van der Waals surface area contributed by atoms with Crippen LogP contribution in [0.15, 0.2) is 50.9 Å². The summed E-state index contributed by atoms with van der Waals surface area (Å²) < 4.78 is 11.3. The molecule has 0 aromatic heterocycles. The van der Waals surface area contributed by atoms with E-state index in [4.69, 9.17) is 9.47 Å². The fraction of sp³-hybridized carbons (Fsp3) is 0.100. The number of carbonyl (C=O) groups excluding carboxylic acids is 4. The van der Waals surface area contributed by atoms with Gasteiger partial charge in [-0.05, 0) is 58.4 Å². The number of methoxy groups -OCH3 is 1. The van der Waals surface area contributed by atoms with Crippen molar-refractivity contribution in [2.45, 2.75) is 6.92 Å². The normalized spacial score (nSPS) is 15.3. The molecule has 4 amide bonds. The van der Waals surface area contributed by atoms with Gasteiger partial charge in [0.15, 0.2) is 5.75 Å². The lowest BCUT2D eigenvalue weighted by Crippen LogP contribution is -2.54. The van der Waals surface area contributed by atoms with Gasteiger partial charge in [0.25, 0.3) is 11.8 Å². The number of rotatable bonds is 4. The maximum atomic E-state index is 13.0. The minimum atomic E-state index is -0.872. The summed E-state index contributed by atoms with van der Waals surface area (Å²) in [7, 11) is 1.49. The number of imide groups is 2. The molecule has 1 fully saturated rings. The van der Waals surface area contributed by atoms with E-state index in [0.717, 1.165) is 4.90 Å². The smallest absolute Gasteiger partial charge is 0.335 e. The molecule has 1 N–H and O–H groups in total. The summed E-state index contributed by atoms with van der Waals surface area (Å²) in [6.07, 6.45) is 1.26. The van der Waals surface area contributed by atoms with Gasteiger partial charge in [-0.1, -0.05) is 15.9 Å². The first-order valence-electron chi connectivity index (χ1n) is 8.44. The number of nitrogens with one attached hydrogen (secondary N) is 1. The molecule has 0 aliphatic carbocycles. The Morgan fingerprint density at radius 3 is 2.37 bits per heavy atom. The molecular formula is C20H14Br2N2O6. The van der Waals surface area contributed by atoms with Crippen LogP contribution in [0.1, 0.15) is 12.5 Å². The predicted molar refractivity (Wildman–Crippen MR) is 115 cm³/mol. The third kappa shape index (κ3) is 4.44. The van der Waals surface area contributed by atoms with Crippen LogP contribution in [-0.2, 0) is 14.4 Å². The third-order valence-electron chi connectivity index (χ3n) is 4.02. The molecule has 0 saturated carbocycles. The highest BCUT2D eigenvalue weighted by Gasteiger charge is 2.37. The van der Waals surface area contributed by atoms with E-state index in [1.165, 1.54) is 32.2 Å². The summed E-state index contributed by atoms with van der Waals surface area (Å²) in [6, 6.07) is 8.55. The first kappa shape index (κ1) is 21.7. The van der Waals surface area contributed by atoms with Crippen molar-refractivity contribution in [1.82, 2.24) is 5.32 Å². The highest BCUT2D eigenvalue weighted by molar-refractivity contribution is 9.11. The molecule has 1 heterocycles. The van der Waals surface area contributed by atoms with E-state index in [1.54, 1.807) is 24.3 Å². The zero-order valence-electron chi connectivity index (χ0n) is 15.7. The number of hydrogen-bond donors (Lipinski definition) is 1. The molecule has 10 heteroatoms. The molecule has 2 aromatic rings. The van der Waals surface area contributed by atoms with Gasteiger partial charge in [0.2, 0.25) is 0 Å². The van der Waals surface area contributed by atoms with E-state index in [1.807, 2.05) is 0 Å². The molecule has 1 saturated heterocycles. The topological polar surface area (TPSA) is 102 Å². The number of urea groups is 1. The fourth-order valence-corrected chi connectivity index (χ4v) is 4.06. The maximum Gasteiger partial charge on any atom is 0.335 e. The van der Waals surface area contributed by atoms with Gasteiger partial charge >= 0.3 is 12.0 Å². The van der Waals surface area contributed by atoms with E-state index in [-0.39, 0.29) is 22.6 Å². The molecule has 154 valence electrons. The van der Waals surface area contributed by atoms with Crippen LogP contribution >= 0.6 is 31.9 Å². The standard InChI is InChI=1S/C20H14Br2N2O6/c1-10(25)30-17-11(7-12(21)9-16(17)22)8-15-18(26)23-20(28)24(19(15)27)13-3-5-14(29-2)6-4-13/h3-9H,1-2H3,(H,23,26,28)/b15-8-. The Hall–Kier alpha value is -2.98. The van der Waals surface area contributed by atoms with Crippen LogP contribution < -0.4 is 19.7 Å². The molecule has 1 aliphatic heterocycles. The highest BCUT2D eigenvalue weighted by atomic mass is 79.9. The fourth-order valence-electron chi connectivity index (χ4n) is 2.72. The number of carbonyl (C=O) groups is 4. The Kier molecular flexibility index (Phi) is 6.37. The van der Waals surface area contributed by atoms with E-state index in [0.29, 0.717) is 14.7 Å².